The molecule has 2 heterocycles. The summed E-state index contributed by atoms with van der Waals surface area (Å²) >= 11 is 1.22. The van der Waals surface area contributed by atoms with Crippen molar-refractivity contribution in [2.45, 2.75) is 0 Å². The lowest BCUT2D eigenvalue weighted by Crippen LogP contribution is -1.78. The highest BCUT2D eigenvalue weighted by atomic mass is 32.1. The second-order valence-corrected chi connectivity index (χ2v) is 3.23. The van der Waals surface area contributed by atoms with E-state index in [9.17, 15) is 0 Å². The number of hydrogen-bond donors (Lipinski definition) is 1. The summed E-state index contributed by atoms with van der Waals surface area (Å²) in [6, 6.07) is 5.59. The van der Waals surface area contributed by atoms with Crippen molar-refractivity contribution in [1.82, 2.24) is 9.97 Å². The first-order valence-electron chi connectivity index (χ1n) is 3.42. The highest BCUT2D eigenvalue weighted by Crippen LogP contribution is 2.26. The number of hydrogen-bond acceptors (Lipinski definition) is 4. The van der Waals surface area contributed by atoms with Gasteiger partial charge in [0.2, 0.25) is 0 Å². The van der Waals surface area contributed by atoms with E-state index in [0.29, 0.717) is 0 Å². The van der Waals surface area contributed by atoms with E-state index in [1.165, 1.54) is 17.5 Å². The summed E-state index contributed by atoms with van der Waals surface area (Å²) in [6.07, 6.45) is 3.13. The standard InChI is InChI=1S/C8H6N2OS/c11-7-5-10-8(12-7)6-3-1-2-4-9-6/h1-5,11H. The molecule has 1 N–H and O–H groups in total. The number of nitrogens with zero attached hydrogens (tertiary/aromatic N) is 2. The SMILES string of the molecule is Oc1cnc(-c2ccccn2)s1. The molecule has 0 spiro atoms. The van der Waals surface area contributed by atoms with Gasteiger partial charge in [-0.3, -0.25) is 4.98 Å². The van der Waals surface area contributed by atoms with Crippen LogP contribution in [-0.4, -0.2) is 15.1 Å². The second-order valence-electron chi connectivity index (χ2n) is 2.22. The maximum Gasteiger partial charge on any atom is 0.192 e. The van der Waals surface area contributed by atoms with Crippen LogP contribution in [0.4, 0.5) is 0 Å². The molecular weight excluding hydrogens is 172 g/mol. The summed E-state index contributed by atoms with van der Waals surface area (Å²) in [5.41, 5.74) is 0.794. The highest BCUT2D eigenvalue weighted by Gasteiger charge is 2.02. The number of aromatic nitrogens is 2. The summed E-state index contributed by atoms with van der Waals surface area (Å²) in [4.78, 5) is 8.09. The largest absolute Gasteiger partial charge is 0.498 e. The van der Waals surface area contributed by atoms with Gasteiger partial charge in [0.25, 0.3) is 0 Å². The van der Waals surface area contributed by atoms with Crippen molar-refractivity contribution in [3.63, 3.8) is 0 Å². The van der Waals surface area contributed by atoms with Gasteiger partial charge in [0, 0.05) is 6.20 Å². The maximum atomic E-state index is 9.04. The first-order valence-corrected chi connectivity index (χ1v) is 4.24. The van der Waals surface area contributed by atoms with E-state index < -0.39 is 0 Å². The van der Waals surface area contributed by atoms with Crippen LogP contribution in [-0.2, 0) is 0 Å². The molecule has 0 aliphatic rings. The zero-order valence-corrected chi connectivity index (χ0v) is 6.95. The second kappa shape index (κ2) is 2.91. The zero-order chi connectivity index (χ0) is 8.39. The van der Waals surface area contributed by atoms with Gasteiger partial charge in [-0.15, -0.1) is 0 Å². The molecule has 0 fully saturated rings. The number of pyridine rings is 1. The topological polar surface area (TPSA) is 46.0 Å². The fourth-order valence-corrected chi connectivity index (χ4v) is 1.51. The van der Waals surface area contributed by atoms with Crippen molar-refractivity contribution in [2.75, 3.05) is 0 Å². The minimum absolute atomic E-state index is 0.218. The highest BCUT2D eigenvalue weighted by molar-refractivity contribution is 7.16. The molecule has 4 heteroatoms. The van der Waals surface area contributed by atoms with Crippen molar-refractivity contribution in [1.29, 1.82) is 0 Å². The Hall–Kier alpha value is -1.42. The lowest BCUT2D eigenvalue weighted by Gasteiger charge is -1.90. The Morgan fingerprint density at radius 1 is 1.25 bits per heavy atom. The lowest BCUT2D eigenvalue weighted by molar-refractivity contribution is 0.489. The first-order chi connectivity index (χ1) is 5.86. The molecule has 3 nitrogen and oxygen atoms in total. The molecule has 0 saturated heterocycles. The van der Waals surface area contributed by atoms with Crippen molar-refractivity contribution in [2.24, 2.45) is 0 Å². The summed E-state index contributed by atoms with van der Waals surface area (Å²) in [6.45, 7) is 0. The third-order valence-corrected chi connectivity index (χ3v) is 2.20. The van der Waals surface area contributed by atoms with E-state index >= 15 is 0 Å². The van der Waals surface area contributed by atoms with Crippen LogP contribution in [0.5, 0.6) is 5.06 Å². The van der Waals surface area contributed by atoms with Gasteiger partial charge < -0.3 is 5.11 Å². The Bertz CT molecular complexity index is 372. The molecule has 0 aromatic carbocycles. The van der Waals surface area contributed by atoms with E-state index in [4.69, 9.17) is 5.11 Å². The Morgan fingerprint density at radius 2 is 2.17 bits per heavy atom. The molecule has 0 bridgehead atoms. The maximum absolute atomic E-state index is 9.04. The van der Waals surface area contributed by atoms with E-state index in [1.807, 2.05) is 18.2 Å². The third kappa shape index (κ3) is 1.29. The van der Waals surface area contributed by atoms with Crippen LogP contribution in [0.15, 0.2) is 30.6 Å². The average Bonchev–Trinajstić information content (AvgIpc) is 2.54. The molecule has 0 aliphatic heterocycles. The van der Waals surface area contributed by atoms with E-state index in [2.05, 4.69) is 9.97 Å². The van der Waals surface area contributed by atoms with E-state index in [0.717, 1.165) is 10.7 Å². The Labute approximate surface area is 73.4 Å². The van der Waals surface area contributed by atoms with Gasteiger partial charge in [-0.25, -0.2) is 4.98 Å². The average molecular weight is 178 g/mol. The van der Waals surface area contributed by atoms with Crippen LogP contribution in [0.2, 0.25) is 0 Å². The molecule has 0 radical (unpaired) electrons. The molecule has 12 heavy (non-hydrogen) atoms. The fraction of sp³-hybridized carbons (Fsp3) is 0. The molecule has 0 saturated carbocycles. The predicted molar refractivity (Wildman–Crippen MR) is 47.0 cm³/mol. The third-order valence-electron chi connectivity index (χ3n) is 1.38. The molecular formula is C8H6N2OS. The molecule has 2 aromatic rings. The van der Waals surface area contributed by atoms with Crippen molar-refractivity contribution in [3.05, 3.63) is 30.6 Å². The quantitative estimate of drug-likeness (QED) is 0.725. The van der Waals surface area contributed by atoms with Crippen LogP contribution in [0.25, 0.3) is 10.7 Å². The van der Waals surface area contributed by atoms with Gasteiger partial charge >= 0.3 is 0 Å². The minimum atomic E-state index is 0.218. The Kier molecular flexibility index (Phi) is 1.75. The van der Waals surface area contributed by atoms with Gasteiger partial charge in [-0.1, -0.05) is 17.4 Å². The first kappa shape index (κ1) is 7.24. The molecule has 0 atom stereocenters. The van der Waals surface area contributed by atoms with Crippen LogP contribution < -0.4 is 0 Å². The summed E-state index contributed by atoms with van der Waals surface area (Å²) in [5, 5.41) is 10.0. The van der Waals surface area contributed by atoms with Gasteiger partial charge in [0.1, 0.15) is 5.01 Å². The fourth-order valence-electron chi connectivity index (χ4n) is 0.873. The van der Waals surface area contributed by atoms with E-state index in [-0.39, 0.29) is 5.06 Å². The summed E-state index contributed by atoms with van der Waals surface area (Å²) in [7, 11) is 0. The van der Waals surface area contributed by atoms with Crippen molar-refractivity contribution < 1.29 is 5.11 Å². The summed E-state index contributed by atoms with van der Waals surface area (Å²) in [5.74, 6) is 0. The van der Waals surface area contributed by atoms with Gasteiger partial charge in [0.15, 0.2) is 5.06 Å². The lowest BCUT2D eigenvalue weighted by atomic mass is 10.4. The van der Waals surface area contributed by atoms with E-state index in [1.54, 1.807) is 6.20 Å². The molecule has 0 amide bonds. The predicted octanol–water partition coefficient (Wildman–Crippen LogP) is 1.91. The molecule has 0 unspecified atom stereocenters. The smallest absolute Gasteiger partial charge is 0.192 e. The van der Waals surface area contributed by atoms with Crippen LogP contribution in [0, 0.1) is 0 Å². The number of rotatable bonds is 1. The molecule has 2 aromatic heterocycles. The number of aromatic hydroxyl groups is 1. The van der Waals surface area contributed by atoms with Crippen LogP contribution in [0.1, 0.15) is 0 Å². The monoisotopic (exact) mass is 178 g/mol. The van der Waals surface area contributed by atoms with Crippen LogP contribution >= 0.6 is 11.3 Å². The minimum Gasteiger partial charge on any atom is -0.498 e. The van der Waals surface area contributed by atoms with Gasteiger partial charge in [-0.2, -0.15) is 0 Å². The van der Waals surface area contributed by atoms with Gasteiger partial charge in [-0.05, 0) is 12.1 Å². The van der Waals surface area contributed by atoms with Crippen LogP contribution in [0.3, 0.4) is 0 Å². The Morgan fingerprint density at radius 3 is 2.75 bits per heavy atom. The molecule has 60 valence electrons. The zero-order valence-electron chi connectivity index (χ0n) is 6.14. The van der Waals surface area contributed by atoms with Crippen molar-refractivity contribution in [3.8, 4) is 15.8 Å². The number of thiazole rings is 1. The van der Waals surface area contributed by atoms with Crippen molar-refractivity contribution >= 4 is 11.3 Å². The summed E-state index contributed by atoms with van der Waals surface area (Å²) < 4.78 is 0. The molecule has 2 rings (SSSR count). The normalized spacial score (nSPS) is 10.0. The Balaban J connectivity index is 2.45. The molecule has 0 aliphatic carbocycles. The van der Waals surface area contributed by atoms with Gasteiger partial charge in [0.05, 0.1) is 11.9 Å².